The molecule has 5 heteroatoms. The Labute approximate surface area is 203 Å². The van der Waals surface area contributed by atoms with Crippen LogP contribution >= 0.6 is 11.6 Å². The fourth-order valence-electron chi connectivity index (χ4n) is 5.87. The predicted octanol–water partition coefficient (Wildman–Crippen LogP) is 5.03. The van der Waals surface area contributed by atoms with Gasteiger partial charge in [0.25, 0.3) is 5.91 Å². The van der Waals surface area contributed by atoms with Crippen molar-refractivity contribution in [1.29, 1.82) is 0 Å². The second-order valence-electron chi connectivity index (χ2n) is 10.5. The maximum atomic E-state index is 13.8. The van der Waals surface area contributed by atoms with E-state index in [4.69, 9.17) is 11.6 Å². The van der Waals surface area contributed by atoms with E-state index in [1.807, 2.05) is 53.4 Å². The molecule has 33 heavy (non-hydrogen) atoms. The van der Waals surface area contributed by atoms with Crippen LogP contribution in [0.1, 0.15) is 49.7 Å². The molecule has 4 nitrogen and oxygen atoms in total. The third-order valence-corrected chi connectivity index (χ3v) is 8.51. The van der Waals surface area contributed by atoms with Gasteiger partial charge in [-0.3, -0.25) is 4.79 Å². The summed E-state index contributed by atoms with van der Waals surface area (Å²) in [7, 11) is 4.58. The van der Waals surface area contributed by atoms with Gasteiger partial charge in [-0.2, -0.15) is 0 Å². The molecule has 1 amide bonds. The largest absolute Gasteiger partial charge is 0.375 e. The molecule has 1 aliphatic carbocycles. The van der Waals surface area contributed by atoms with Gasteiger partial charge in [0.05, 0.1) is 26.7 Å². The molecule has 1 N–H and O–H groups in total. The second-order valence-corrected chi connectivity index (χ2v) is 10.9. The lowest BCUT2D eigenvalue weighted by Gasteiger charge is -2.45. The summed E-state index contributed by atoms with van der Waals surface area (Å²) < 4.78 is 0.916. The maximum Gasteiger partial charge on any atom is 0.259 e. The molecule has 1 saturated carbocycles. The Morgan fingerprint density at radius 1 is 1.00 bits per heavy atom. The predicted molar refractivity (Wildman–Crippen MR) is 134 cm³/mol. The Bertz CT molecular complexity index is 934. The van der Waals surface area contributed by atoms with Crippen LogP contribution in [0.25, 0.3) is 0 Å². The quantitative estimate of drug-likeness (QED) is 0.578. The smallest absolute Gasteiger partial charge is 0.259 e. The Balaban J connectivity index is 1.41. The van der Waals surface area contributed by atoms with E-state index in [9.17, 15) is 9.90 Å². The number of halogens is 1. The van der Waals surface area contributed by atoms with E-state index in [1.54, 1.807) is 0 Å². The number of likely N-dealkylation sites (tertiary alicyclic amines) is 1. The molecule has 2 aliphatic rings. The standard InChI is InChI=1S/C28H38ClN2O2/c1-31(2,21-18-22-10-6-9-15-26(22)29)25-16-19-30(20-17-25)27(32)28(33,24-13-7-8-14-24)23-11-4-3-5-12-23/h3-6,9-12,15,24-25,33H,7-8,13-14,16-21H2,1-2H3/q+1. The SMILES string of the molecule is C[N+](C)(CCc1ccccc1Cl)C1CCN(C(=O)C(O)(c2ccccc2)C2CCCC2)CC1. The minimum Gasteiger partial charge on any atom is -0.375 e. The molecule has 0 aromatic heterocycles. The van der Waals surface area contributed by atoms with Crippen molar-refractivity contribution in [3.8, 4) is 0 Å². The van der Waals surface area contributed by atoms with Gasteiger partial charge in [0.1, 0.15) is 0 Å². The van der Waals surface area contributed by atoms with E-state index in [0.717, 1.165) is 66.6 Å². The number of benzene rings is 2. The maximum absolute atomic E-state index is 13.8. The first-order chi connectivity index (χ1) is 15.8. The van der Waals surface area contributed by atoms with Gasteiger partial charge in [-0.1, -0.05) is 73.0 Å². The van der Waals surface area contributed by atoms with Gasteiger partial charge in [0.2, 0.25) is 0 Å². The number of hydrogen-bond acceptors (Lipinski definition) is 2. The third-order valence-electron chi connectivity index (χ3n) is 8.14. The van der Waals surface area contributed by atoms with Crippen LogP contribution in [0, 0.1) is 5.92 Å². The summed E-state index contributed by atoms with van der Waals surface area (Å²) in [6.45, 7) is 2.43. The number of rotatable bonds is 7. The molecular formula is C28H38ClN2O2+. The normalized spacial score (nSPS) is 20.1. The molecule has 0 bridgehead atoms. The molecule has 0 spiro atoms. The van der Waals surface area contributed by atoms with Gasteiger partial charge >= 0.3 is 0 Å². The van der Waals surface area contributed by atoms with Crippen molar-refractivity contribution in [2.75, 3.05) is 33.7 Å². The zero-order valence-corrected chi connectivity index (χ0v) is 20.8. The Morgan fingerprint density at radius 2 is 1.61 bits per heavy atom. The highest BCUT2D eigenvalue weighted by Crippen LogP contribution is 2.42. The zero-order valence-electron chi connectivity index (χ0n) is 20.0. The highest BCUT2D eigenvalue weighted by Gasteiger charge is 2.49. The molecule has 2 aromatic rings. The van der Waals surface area contributed by atoms with Crippen LogP contribution in [0.3, 0.4) is 0 Å². The zero-order chi connectivity index (χ0) is 23.5. The minimum absolute atomic E-state index is 0.00738. The van der Waals surface area contributed by atoms with Gasteiger partial charge in [-0.05, 0) is 30.0 Å². The summed E-state index contributed by atoms with van der Waals surface area (Å²) >= 11 is 6.37. The number of aliphatic hydroxyl groups is 1. The number of carbonyl (C=O) groups excluding carboxylic acids is 1. The first-order valence-electron chi connectivity index (χ1n) is 12.5. The van der Waals surface area contributed by atoms with Gasteiger partial charge < -0.3 is 14.5 Å². The van der Waals surface area contributed by atoms with Crippen LogP contribution in [0.4, 0.5) is 0 Å². The van der Waals surface area contributed by atoms with Crippen LogP contribution in [-0.4, -0.2) is 60.2 Å². The molecule has 4 rings (SSSR count). The first-order valence-corrected chi connectivity index (χ1v) is 12.8. The van der Waals surface area contributed by atoms with E-state index < -0.39 is 5.60 Å². The Kier molecular flexibility index (Phi) is 7.47. The monoisotopic (exact) mass is 469 g/mol. The molecule has 2 aromatic carbocycles. The van der Waals surface area contributed by atoms with E-state index in [2.05, 4.69) is 20.2 Å². The highest BCUT2D eigenvalue weighted by molar-refractivity contribution is 6.31. The molecule has 1 unspecified atom stereocenters. The number of likely N-dealkylation sites (N-methyl/N-ethyl adjacent to an activating group) is 1. The molecule has 2 fully saturated rings. The average Bonchev–Trinajstić information content (AvgIpc) is 3.39. The molecule has 178 valence electrons. The van der Waals surface area contributed by atoms with Crippen LogP contribution in [-0.2, 0) is 16.8 Å². The molecule has 0 radical (unpaired) electrons. The fourth-order valence-corrected chi connectivity index (χ4v) is 6.10. The lowest BCUT2D eigenvalue weighted by atomic mass is 9.78. The molecular weight excluding hydrogens is 432 g/mol. The first kappa shape index (κ1) is 24.3. The van der Waals surface area contributed by atoms with Gasteiger partial charge in [0, 0.05) is 43.3 Å². The molecule has 1 heterocycles. The second kappa shape index (κ2) is 10.2. The van der Waals surface area contributed by atoms with E-state index in [1.165, 1.54) is 5.56 Å². The summed E-state index contributed by atoms with van der Waals surface area (Å²) in [5.41, 5.74) is 0.543. The number of amides is 1. The summed E-state index contributed by atoms with van der Waals surface area (Å²) in [5, 5.41) is 12.7. The fraction of sp³-hybridized carbons (Fsp3) is 0.536. The lowest BCUT2D eigenvalue weighted by Crippen LogP contribution is -2.58. The molecule has 1 aliphatic heterocycles. The summed E-state index contributed by atoms with van der Waals surface area (Å²) in [6.07, 6.45) is 6.87. The van der Waals surface area contributed by atoms with Gasteiger partial charge in [0.15, 0.2) is 5.60 Å². The summed E-state index contributed by atoms with van der Waals surface area (Å²) in [6, 6.07) is 18.2. The summed E-state index contributed by atoms with van der Waals surface area (Å²) in [5.74, 6) is -0.0895. The van der Waals surface area contributed by atoms with Crippen molar-refractivity contribution in [2.24, 2.45) is 5.92 Å². The highest BCUT2D eigenvalue weighted by atomic mass is 35.5. The molecule has 1 saturated heterocycles. The lowest BCUT2D eigenvalue weighted by molar-refractivity contribution is -0.916. The van der Waals surface area contributed by atoms with E-state index in [-0.39, 0.29) is 11.8 Å². The average molecular weight is 470 g/mol. The number of piperidine rings is 1. The minimum atomic E-state index is -1.40. The van der Waals surface area contributed by atoms with Crippen molar-refractivity contribution in [3.63, 3.8) is 0 Å². The van der Waals surface area contributed by atoms with Crippen molar-refractivity contribution in [1.82, 2.24) is 4.90 Å². The van der Waals surface area contributed by atoms with Crippen molar-refractivity contribution >= 4 is 17.5 Å². The van der Waals surface area contributed by atoms with E-state index >= 15 is 0 Å². The van der Waals surface area contributed by atoms with Crippen LogP contribution in [0.15, 0.2) is 54.6 Å². The van der Waals surface area contributed by atoms with Crippen LogP contribution < -0.4 is 0 Å². The van der Waals surface area contributed by atoms with Crippen LogP contribution in [0.5, 0.6) is 0 Å². The number of hydrogen-bond donors (Lipinski definition) is 1. The molecule has 1 atom stereocenters. The topological polar surface area (TPSA) is 40.5 Å². The van der Waals surface area contributed by atoms with Crippen molar-refractivity contribution in [3.05, 3.63) is 70.7 Å². The van der Waals surface area contributed by atoms with Crippen molar-refractivity contribution in [2.45, 2.75) is 56.6 Å². The van der Waals surface area contributed by atoms with Gasteiger partial charge in [-0.25, -0.2) is 0 Å². The summed E-state index contributed by atoms with van der Waals surface area (Å²) in [4.78, 5) is 15.7. The van der Waals surface area contributed by atoms with Crippen molar-refractivity contribution < 1.29 is 14.4 Å². The Morgan fingerprint density at radius 3 is 2.24 bits per heavy atom. The van der Waals surface area contributed by atoms with E-state index in [0.29, 0.717) is 19.1 Å². The number of quaternary nitrogens is 1. The Hall–Kier alpha value is -1.88. The number of nitrogens with zero attached hydrogens (tertiary/aromatic N) is 2. The van der Waals surface area contributed by atoms with Crippen LogP contribution in [0.2, 0.25) is 5.02 Å². The van der Waals surface area contributed by atoms with Gasteiger partial charge in [-0.15, -0.1) is 0 Å². The third kappa shape index (κ3) is 5.13. The number of carbonyl (C=O) groups is 1.